The Hall–Kier alpha value is -2.44. The molecule has 3 aliphatic heterocycles. The fraction of sp³-hybridized carbons (Fsp3) is 0.455. The van der Waals surface area contributed by atoms with Gasteiger partial charge in [0.15, 0.2) is 17.7 Å². The molecule has 0 saturated carbocycles. The Morgan fingerprint density at radius 2 is 1.68 bits per heavy atom. The summed E-state index contributed by atoms with van der Waals surface area (Å²) in [7, 11) is 1.69. The molecule has 3 aliphatic rings. The minimum absolute atomic E-state index is 0.0103. The largest absolute Gasteiger partial charge is 0.497 e. The van der Waals surface area contributed by atoms with Gasteiger partial charge in [-0.05, 0) is 23.8 Å². The molecule has 0 spiro atoms. The van der Waals surface area contributed by atoms with E-state index in [2.05, 4.69) is 30.0 Å². The summed E-state index contributed by atoms with van der Waals surface area (Å²) in [5.41, 5.74) is 2.39. The van der Waals surface area contributed by atoms with Crippen LogP contribution in [0.4, 0.5) is 0 Å². The number of methoxy groups -OCH3 is 1. The highest BCUT2D eigenvalue weighted by atomic mass is 16.7. The molecule has 1 saturated heterocycles. The van der Waals surface area contributed by atoms with E-state index in [9.17, 15) is 0 Å². The highest BCUT2D eigenvalue weighted by Gasteiger charge is 2.41. The fourth-order valence-corrected chi connectivity index (χ4v) is 4.50. The zero-order chi connectivity index (χ0) is 19.1. The van der Waals surface area contributed by atoms with Gasteiger partial charge in [-0.2, -0.15) is 0 Å². The molecule has 0 aliphatic carbocycles. The molecular formula is C22H25NO5. The Kier molecular flexibility index (Phi) is 4.53. The predicted octanol–water partition coefficient (Wildman–Crippen LogP) is 3.24. The Morgan fingerprint density at radius 1 is 0.964 bits per heavy atom. The van der Waals surface area contributed by atoms with Crippen LogP contribution < -0.4 is 18.9 Å². The van der Waals surface area contributed by atoms with E-state index in [1.54, 1.807) is 7.11 Å². The first kappa shape index (κ1) is 17.6. The van der Waals surface area contributed by atoms with E-state index >= 15 is 0 Å². The van der Waals surface area contributed by atoms with Gasteiger partial charge in [0.2, 0.25) is 6.79 Å². The maximum absolute atomic E-state index is 6.52. The molecular weight excluding hydrogens is 358 g/mol. The first-order valence-electron chi connectivity index (χ1n) is 9.80. The first-order valence-corrected chi connectivity index (χ1v) is 9.80. The van der Waals surface area contributed by atoms with Gasteiger partial charge in [-0.1, -0.05) is 19.1 Å². The van der Waals surface area contributed by atoms with E-state index in [1.165, 1.54) is 5.56 Å². The van der Waals surface area contributed by atoms with E-state index in [0.717, 1.165) is 54.9 Å². The summed E-state index contributed by atoms with van der Waals surface area (Å²) in [6.45, 7) is 5.77. The molecule has 6 heteroatoms. The van der Waals surface area contributed by atoms with Crippen LogP contribution in [0.15, 0.2) is 36.4 Å². The molecule has 28 heavy (non-hydrogen) atoms. The van der Waals surface area contributed by atoms with Gasteiger partial charge in [-0.15, -0.1) is 0 Å². The van der Waals surface area contributed by atoms with Gasteiger partial charge in [0.1, 0.15) is 11.5 Å². The third-order valence-electron chi connectivity index (χ3n) is 5.94. The topological polar surface area (TPSA) is 49.4 Å². The molecule has 0 amide bonds. The van der Waals surface area contributed by atoms with Crippen molar-refractivity contribution in [1.29, 1.82) is 0 Å². The number of fused-ring (bicyclic) bond motifs is 2. The minimum atomic E-state index is -0.0103. The molecule has 148 valence electrons. The van der Waals surface area contributed by atoms with Crippen LogP contribution in [-0.2, 0) is 4.74 Å². The smallest absolute Gasteiger partial charge is 0.231 e. The monoisotopic (exact) mass is 383 g/mol. The molecule has 0 N–H and O–H groups in total. The van der Waals surface area contributed by atoms with Crippen LogP contribution in [0.5, 0.6) is 23.0 Å². The molecule has 1 fully saturated rings. The third kappa shape index (κ3) is 2.97. The molecule has 0 aromatic heterocycles. The Morgan fingerprint density at radius 3 is 2.39 bits per heavy atom. The van der Waals surface area contributed by atoms with Crippen molar-refractivity contribution < 1.29 is 23.7 Å². The lowest BCUT2D eigenvalue weighted by molar-refractivity contribution is -0.0784. The standard InChI is InChI=1S/C22H25NO5/c1-14-21(15-3-5-16(24-2)6-4-15)17-11-19-20(27-13-26-19)12-18(17)28-22(14)23-7-9-25-10-8-23/h3-6,11-12,14,21-22H,7-10,13H2,1-2H3/t14-,21-,22-/m0/s1. The van der Waals surface area contributed by atoms with Gasteiger partial charge >= 0.3 is 0 Å². The zero-order valence-corrected chi connectivity index (χ0v) is 16.2. The van der Waals surface area contributed by atoms with Crippen molar-refractivity contribution in [3.05, 3.63) is 47.5 Å². The minimum Gasteiger partial charge on any atom is -0.497 e. The van der Waals surface area contributed by atoms with Crippen LogP contribution in [-0.4, -0.2) is 51.3 Å². The maximum atomic E-state index is 6.52. The molecule has 6 nitrogen and oxygen atoms in total. The van der Waals surface area contributed by atoms with E-state index < -0.39 is 0 Å². The summed E-state index contributed by atoms with van der Waals surface area (Å²) in [6, 6.07) is 12.4. The highest BCUT2D eigenvalue weighted by Crippen LogP contribution is 2.49. The second-order valence-electron chi connectivity index (χ2n) is 7.51. The maximum Gasteiger partial charge on any atom is 0.231 e. The van der Waals surface area contributed by atoms with E-state index in [4.69, 9.17) is 23.7 Å². The number of morpholine rings is 1. The molecule has 5 rings (SSSR count). The van der Waals surface area contributed by atoms with Crippen molar-refractivity contribution in [2.45, 2.75) is 19.1 Å². The van der Waals surface area contributed by atoms with Gasteiger partial charge < -0.3 is 23.7 Å². The molecule has 0 bridgehead atoms. The van der Waals surface area contributed by atoms with E-state index in [-0.39, 0.29) is 24.9 Å². The molecule has 0 unspecified atom stereocenters. The van der Waals surface area contributed by atoms with Crippen molar-refractivity contribution in [3.8, 4) is 23.0 Å². The highest BCUT2D eigenvalue weighted by molar-refractivity contribution is 5.56. The summed E-state index contributed by atoms with van der Waals surface area (Å²) in [6.07, 6.45) is -0.0103. The number of ether oxygens (including phenoxy) is 5. The number of benzene rings is 2. The van der Waals surface area contributed by atoms with Crippen LogP contribution >= 0.6 is 0 Å². The van der Waals surface area contributed by atoms with Crippen LogP contribution in [0.2, 0.25) is 0 Å². The van der Waals surface area contributed by atoms with E-state index in [1.807, 2.05) is 18.2 Å². The molecule has 3 atom stereocenters. The number of nitrogens with zero attached hydrogens (tertiary/aromatic N) is 1. The van der Waals surface area contributed by atoms with Crippen molar-refractivity contribution in [3.63, 3.8) is 0 Å². The summed E-state index contributed by atoms with van der Waals surface area (Å²) in [5, 5.41) is 0. The van der Waals surface area contributed by atoms with Crippen molar-refractivity contribution in [2.24, 2.45) is 5.92 Å². The number of hydrogen-bond acceptors (Lipinski definition) is 6. The summed E-state index contributed by atoms with van der Waals surface area (Å²) in [4.78, 5) is 2.39. The van der Waals surface area contributed by atoms with Crippen molar-refractivity contribution >= 4 is 0 Å². The lowest BCUT2D eigenvalue weighted by atomic mass is 9.78. The van der Waals surface area contributed by atoms with Crippen LogP contribution in [0, 0.1) is 5.92 Å². The van der Waals surface area contributed by atoms with Crippen molar-refractivity contribution in [1.82, 2.24) is 4.90 Å². The summed E-state index contributed by atoms with van der Waals surface area (Å²) in [5.74, 6) is 3.73. The first-order chi connectivity index (χ1) is 13.7. The van der Waals surface area contributed by atoms with E-state index in [0.29, 0.717) is 0 Å². The SMILES string of the molecule is COc1ccc([C@H]2c3cc4c(cc3O[C@H](N3CCOCC3)[C@H]2C)OCO4)cc1. The quantitative estimate of drug-likeness (QED) is 0.811. The fourth-order valence-electron chi connectivity index (χ4n) is 4.50. The van der Waals surface area contributed by atoms with Crippen LogP contribution in [0.1, 0.15) is 24.0 Å². The molecule has 2 aromatic carbocycles. The molecule has 2 aromatic rings. The number of hydrogen-bond donors (Lipinski definition) is 0. The predicted molar refractivity (Wildman–Crippen MR) is 103 cm³/mol. The van der Waals surface area contributed by atoms with Gasteiger partial charge in [-0.25, -0.2) is 0 Å². The average Bonchev–Trinajstić information content (AvgIpc) is 3.20. The van der Waals surface area contributed by atoms with Gasteiger partial charge in [0.25, 0.3) is 0 Å². The zero-order valence-electron chi connectivity index (χ0n) is 16.2. The molecule has 3 heterocycles. The average molecular weight is 383 g/mol. The lowest BCUT2D eigenvalue weighted by Crippen LogP contribution is -2.52. The van der Waals surface area contributed by atoms with Crippen LogP contribution in [0.3, 0.4) is 0 Å². The summed E-state index contributed by atoms with van der Waals surface area (Å²) >= 11 is 0. The summed E-state index contributed by atoms with van der Waals surface area (Å²) < 4.78 is 28.6. The molecule has 0 radical (unpaired) electrons. The second-order valence-corrected chi connectivity index (χ2v) is 7.51. The Bertz CT molecular complexity index is 847. The lowest BCUT2D eigenvalue weighted by Gasteiger charge is -2.44. The number of rotatable bonds is 3. The van der Waals surface area contributed by atoms with Gasteiger partial charge in [0, 0.05) is 36.6 Å². The second kappa shape index (κ2) is 7.18. The Labute approximate surface area is 164 Å². The van der Waals surface area contributed by atoms with Crippen LogP contribution in [0.25, 0.3) is 0 Å². The third-order valence-corrected chi connectivity index (χ3v) is 5.94. The van der Waals surface area contributed by atoms with Crippen molar-refractivity contribution in [2.75, 3.05) is 40.2 Å². The van der Waals surface area contributed by atoms with Gasteiger partial charge in [-0.3, -0.25) is 4.90 Å². The van der Waals surface area contributed by atoms with Gasteiger partial charge in [0.05, 0.1) is 20.3 Å². The normalized spacial score (nSPS) is 26.4. The Balaban J connectivity index is 1.58.